The van der Waals surface area contributed by atoms with Crippen LogP contribution in [0.4, 0.5) is 17.1 Å². The largest absolute Gasteiger partial charge is 0.456 e. The minimum Gasteiger partial charge on any atom is -0.456 e. The summed E-state index contributed by atoms with van der Waals surface area (Å²) in [5.74, 6) is 0. The fraction of sp³-hybridized carbons (Fsp3) is 0.0667. The number of benzene rings is 7. The Balaban J connectivity index is 1.28. The summed E-state index contributed by atoms with van der Waals surface area (Å²) in [5.41, 5.74) is 12.8. The van der Waals surface area contributed by atoms with E-state index in [-0.39, 0.29) is 5.41 Å². The molecule has 2 nitrogen and oxygen atoms in total. The van der Waals surface area contributed by atoms with E-state index in [4.69, 9.17) is 4.42 Å². The first-order valence-corrected chi connectivity index (χ1v) is 17.3. The number of rotatable bonds is 4. The average molecular weight is 634 g/mol. The zero-order valence-corrected chi connectivity index (χ0v) is 27.5. The van der Waals surface area contributed by atoms with Gasteiger partial charge in [0, 0.05) is 53.3 Å². The second-order valence-electron chi connectivity index (χ2n) is 13.3. The highest BCUT2D eigenvalue weighted by Gasteiger charge is 2.37. The van der Waals surface area contributed by atoms with Crippen LogP contribution in [0.1, 0.15) is 25.0 Å². The average Bonchev–Trinajstić information content (AvgIpc) is 3.76. The first kappa shape index (κ1) is 27.5. The maximum atomic E-state index is 6.26. The number of hydrogen-bond acceptors (Lipinski definition) is 3. The first-order valence-electron chi connectivity index (χ1n) is 16.5. The first-order chi connectivity index (χ1) is 23.5. The normalized spacial score (nSPS) is 13.4. The summed E-state index contributed by atoms with van der Waals surface area (Å²) in [6.07, 6.45) is 0. The molecule has 0 aliphatic heterocycles. The van der Waals surface area contributed by atoms with Gasteiger partial charge in [-0.3, -0.25) is 0 Å². The monoisotopic (exact) mass is 633 g/mol. The van der Waals surface area contributed by atoms with E-state index in [2.05, 4.69) is 164 Å². The Labute approximate surface area is 283 Å². The van der Waals surface area contributed by atoms with Crippen LogP contribution in [0.2, 0.25) is 0 Å². The maximum absolute atomic E-state index is 6.26. The van der Waals surface area contributed by atoms with E-state index in [1.165, 1.54) is 48.0 Å². The van der Waals surface area contributed by atoms with Gasteiger partial charge in [0.25, 0.3) is 0 Å². The molecule has 2 heterocycles. The second-order valence-corrected chi connectivity index (χ2v) is 14.4. The van der Waals surface area contributed by atoms with E-state index in [0.717, 1.165) is 44.6 Å². The molecule has 228 valence electrons. The van der Waals surface area contributed by atoms with E-state index in [1.807, 2.05) is 17.4 Å². The fourth-order valence-electron chi connectivity index (χ4n) is 7.90. The van der Waals surface area contributed by atoms with Gasteiger partial charge in [0.05, 0.1) is 5.69 Å². The lowest BCUT2D eigenvalue weighted by atomic mass is 9.81. The highest BCUT2D eigenvalue weighted by atomic mass is 32.1. The van der Waals surface area contributed by atoms with Gasteiger partial charge >= 0.3 is 0 Å². The number of nitrogens with zero attached hydrogens (tertiary/aromatic N) is 1. The quantitative estimate of drug-likeness (QED) is 0.192. The topological polar surface area (TPSA) is 16.4 Å². The van der Waals surface area contributed by atoms with Gasteiger partial charge in [-0.25, -0.2) is 0 Å². The summed E-state index contributed by atoms with van der Waals surface area (Å²) in [6, 6.07) is 55.3. The van der Waals surface area contributed by atoms with Gasteiger partial charge < -0.3 is 9.32 Å². The predicted molar refractivity (Wildman–Crippen MR) is 204 cm³/mol. The molecule has 0 unspecified atom stereocenters. The molecule has 0 bridgehead atoms. The number of anilines is 3. The minimum atomic E-state index is -0.137. The highest BCUT2D eigenvalue weighted by Crippen LogP contribution is 2.54. The van der Waals surface area contributed by atoms with Crippen LogP contribution in [0.3, 0.4) is 0 Å². The van der Waals surface area contributed by atoms with Gasteiger partial charge in [-0.15, -0.1) is 11.3 Å². The highest BCUT2D eigenvalue weighted by molar-refractivity contribution is 7.25. The Morgan fingerprint density at radius 3 is 2.10 bits per heavy atom. The molecule has 0 N–H and O–H groups in total. The lowest BCUT2D eigenvalue weighted by molar-refractivity contribution is 0.660. The van der Waals surface area contributed by atoms with Crippen molar-refractivity contribution in [3.8, 4) is 22.3 Å². The smallest absolute Gasteiger partial charge is 0.135 e. The molecule has 0 atom stereocenters. The third kappa shape index (κ3) is 3.98. The van der Waals surface area contributed by atoms with E-state index >= 15 is 0 Å². The molecule has 9 aromatic rings. The SMILES string of the molecule is CC1(C)c2ccccc2-c2cc(-c3ccc4oc5ccccc5c4c3)c(N(c3ccccc3)c3ccc4c(c3)sc3ccccc34)cc21. The molecule has 0 spiro atoms. The lowest BCUT2D eigenvalue weighted by Crippen LogP contribution is -2.17. The van der Waals surface area contributed by atoms with Crippen molar-refractivity contribution in [1.29, 1.82) is 0 Å². The number of fused-ring (bicyclic) bond motifs is 9. The summed E-state index contributed by atoms with van der Waals surface area (Å²) in [5, 5.41) is 4.89. The van der Waals surface area contributed by atoms with Crippen molar-refractivity contribution in [1.82, 2.24) is 0 Å². The van der Waals surface area contributed by atoms with Gasteiger partial charge in [0.15, 0.2) is 0 Å². The molecule has 7 aromatic carbocycles. The Bertz CT molecular complexity index is 2710. The van der Waals surface area contributed by atoms with E-state index < -0.39 is 0 Å². The molecule has 3 heteroatoms. The predicted octanol–water partition coefficient (Wildman–Crippen LogP) is 13.4. The molecule has 0 saturated heterocycles. The Kier molecular flexibility index (Phi) is 5.82. The maximum Gasteiger partial charge on any atom is 0.135 e. The third-order valence-electron chi connectivity index (χ3n) is 10.3. The van der Waals surface area contributed by atoms with Crippen molar-refractivity contribution in [3.63, 3.8) is 0 Å². The summed E-state index contributed by atoms with van der Waals surface area (Å²) in [4.78, 5) is 2.45. The zero-order chi connectivity index (χ0) is 32.0. The van der Waals surface area contributed by atoms with Crippen molar-refractivity contribution in [2.24, 2.45) is 0 Å². The standard InChI is InChI=1S/C45H31NOS/c1-45(2)38-17-9-6-14-31(38)36-26-35(28-20-23-42-37(24-28)32-15-7-10-18-41(32)47-42)40(27-39(36)45)46(29-12-4-3-5-13-29)30-21-22-34-33-16-8-11-19-43(33)48-44(34)25-30/h3-27H,1-2H3. The summed E-state index contributed by atoms with van der Waals surface area (Å²) >= 11 is 1.86. The fourth-order valence-corrected chi connectivity index (χ4v) is 9.04. The van der Waals surface area contributed by atoms with Crippen molar-refractivity contribution in [2.45, 2.75) is 19.3 Å². The molecule has 0 radical (unpaired) electrons. The minimum absolute atomic E-state index is 0.137. The van der Waals surface area contributed by atoms with Crippen molar-refractivity contribution >= 4 is 70.5 Å². The number of furan rings is 1. The zero-order valence-electron chi connectivity index (χ0n) is 26.7. The molecule has 48 heavy (non-hydrogen) atoms. The van der Waals surface area contributed by atoms with Crippen LogP contribution in [0.15, 0.2) is 156 Å². The Morgan fingerprint density at radius 1 is 0.479 bits per heavy atom. The molecule has 0 saturated carbocycles. The second kappa shape index (κ2) is 10.2. The van der Waals surface area contributed by atoms with Crippen LogP contribution in [-0.4, -0.2) is 0 Å². The molecule has 2 aromatic heterocycles. The third-order valence-corrected chi connectivity index (χ3v) is 11.4. The Hall–Kier alpha value is -5.64. The molecule has 1 aliphatic carbocycles. The lowest BCUT2D eigenvalue weighted by Gasteiger charge is -2.30. The van der Waals surface area contributed by atoms with E-state index in [1.54, 1.807) is 0 Å². The van der Waals surface area contributed by atoms with Crippen LogP contribution < -0.4 is 4.90 Å². The number of hydrogen-bond donors (Lipinski definition) is 0. The van der Waals surface area contributed by atoms with E-state index in [9.17, 15) is 0 Å². The van der Waals surface area contributed by atoms with Gasteiger partial charge in [-0.2, -0.15) is 0 Å². The molecule has 10 rings (SSSR count). The molecular weight excluding hydrogens is 603 g/mol. The molecule has 1 aliphatic rings. The van der Waals surface area contributed by atoms with Crippen LogP contribution in [-0.2, 0) is 5.41 Å². The molecule has 0 amide bonds. The van der Waals surface area contributed by atoms with Gasteiger partial charge in [-0.05, 0) is 88.5 Å². The van der Waals surface area contributed by atoms with Gasteiger partial charge in [-0.1, -0.05) is 105 Å². The van der Waals surface area contributed by atoms with Crippen molar-refractivity contribution in [3.05, 3.63) is 163 Å². The van der Waals surface area contributed by atoms with Crippen molar-refractivity contribution in [2.75, 3.05) is 4.90 Å². The van der Waals surface area contributed by atoms with E-state index in [0.29, 0.717) is 0 Å². The van der Waals surface area contributed by atoms with Crippen LogP contribution >= 0.6 is 11.3 Å². The van der Waals surface area contributed by atoms with Crippen molar-refractivity contribution < 1.29 is 4.42 Å². The van der Waals surface area contributed by atoms with Gasteiger partial charge in [0.2, 0.25) is 0 Å². The summed E-state index contributed by atoms with van der Waals surface area (Å²) in [6.45, 7) is 4.72. The summed E-state index contributed by atoms with van der Waals surface area (Å²) < 4.78 is 8.87. The molecular formula is C45H31NOS. The number of thiophene rings is 1. The van der Waals surface area contributed by atoms with Crippen LogP contribution in [0, 0.1) is 0 Å². The van der Waals surface area contributed by atoms with Crippen LogP contribution in [0.25, 0.3) is 64.4 Å². The van der Waals surface area contributed by atoms with Gasteiger partial charge in [0.1, 0.15) is 11.2 Å². The van der Waals surface area contributed by atoms with Crippen LogP contribution in [0.5, 0.6) is 0 Å². The Morgan fingerprint density at radius 2 is 1.21 bits per heavy atom. The molecule has 0 fully saturated rings. The summed E-state index contributed by atoms with van der Waals surface area (Å²) in [7, 11) is 0. The number of para-hydroxylation sites is 2.